The molecule has 0 aromatic carbocycles. The van der Waals surface area contributed by atoms with Crippen molar-refractivity contribution < 1.29 is 14.6 Å². The minimum Gasteiger partial charge on any atom is -0.469 e. The predicted molar refractivity (Wildman–Crippen MR) is 67.5 cm³/mol. The van der Waals surface area contributed by atoms with E-state index in [1.807, 2.05) is 0 Å². The zero-order valence-corrected chi connectivity index (χ0v) is 11.3. The van der Waals surface area contributed by atoms with Crippen molar-refractivity contribution in [2.45, 2.75) is 58.5 Å². The van der Waals surface area contributed by atoms with Crippen LogP contribution in [-0.4, -0.2) is 24.3 Å². The standard InChI is InChI=1S/C14H26O3/c1-4-10-6-11(5-2)12(7-10)8-13(15)9-14(16)17-3/h10-13,15H,4-9H2,1-3H3. The number of ether oxygens (including phenoxy) is 1. The van der Waals surface area contributed by atoms with Gasteiger partial charge in [0, 0.05) is 0 Å². The van der Waals surface area contributed by atoms with E-state index < -0.39 is 6.10 Å². The van der Waals surface area contributed by atoms with E-state index >= 15 is 0 Å². The fourth-order valence-corrected chi connectivity index (χ4v) is 3.17. The predicted octanol–water partition coefficient (Wildman–Crippen LogP) is 2.76. The van der Waals surface area contributed by atoms with Gasteiger partial charge in [-0.05, 0) is 37.0 Å². The summed E-state index contributed by atoms with van der Waals surface area (Å²) in [5, 5.41) is 9.88. The molecule has 3 nitrogen and oxygen atoms in total. The molecule has 4 atom stereocenters. The average molecular weight is 242 g/mol. The number of esters is 1. The van der Waals surface area contributed by atoms with E-state index in [2.05, 4.69) is 18.6 Å². The second-order valence-corrected chi connectivity index (χ2v) is 5.34. The normalized spacial score (nSPS) is 30.2. The molecule has 3 heteroatoms. The van der Waals surface area contributed by atoms with Crippen molar-refractivity contribution in [2.24, 2.45) is 17.8 Å². The highest BCUT2D eigenvalue weighted by Gasteiger charge is 2.33. The Hall–Kier alpha value is -0.570. The molecule has 1 aliphatic carbocycles. The number of aliphatic hydroxyl groups is 1. The molecule has 0 aromatic heterocycles. The highest BCUT2D eigenvalue weighted by molar-refractivity contribution is 5.69. The summed E-state index contributed by atoms with van der Waals surface area (Å²) in [4.78, 5) is 11.1. The van der Waals surface area contributed by atoms with Crippen LogP contribution in [0, 0.1) is 17.8 Å². The highest BCUT2D eigenvalue weighted by atomic mass is 16.5. The van der Waals surface area contributed by atoms with Crippen LogP contribution in [0.25, 0.3) is 0 Å². The molecule has 4 unspecified atom stereocenters. The van der Waals surface area contributed by atoms with E-state index in [0.29, 0.717) is 5.92 Å². The third-order valence-electron chi connectivity index (χ3n) is 4.25. The maximum atomic E-state index is 11.1. The van der Waals surface area contributed by atoms with Gasteiger partial charge in [0.1, 0.15) is 0 Å². The molecular weight excluding hydrogens is 216 g/mol. The second-order valence-electron chi connectivity index (χ2n) is 5.34. The first-order chi connectivity index (χ1) is 8.10. The van der Waals surface area contributed by atoms with Crippen molar-refractivity contribution in [3.05, 3.63) is 0 Å². The molecule has 1 rings (SSSR count). The van der Waals surface area contributed by atoms with Crippen LogP contribution in [0.1, 0.15) is 52.4 Å². The van der Waals surface area contributed by atoms with Crippen LogP contribution in [-0.2, 0) is 9.53 Å². The Bertz CT molecular complexity index is 240. The number of carbonyl (C=O) groups excluding carboxylic acids is 1. The average Bonchev–Trinajstić information content (AvgIpc) is 2.70. The van der Waals surface area contributed by atoms with Gasteiger partial charge in [0.05, 0.1) is 19.6 Å². The number of aliphatic hydroxyl groups excluding tert-OH is 1. The van der Waals surface area contributed by atoms with Crippen LogP contribution < -0.4 is 0 Å². The van der Waals surface area contributed by atoms with E-state index in [1.165, 1.54) is 32.8 Å². The van der Waals surface area contributed by atoms with Gasteiger partial charge in [-0.1, -0.05) is 26.7 Å². The molecule has 1 aliphatic rings. The Morgan fingerprint density at radius 2 is 1.94 bits per heavy atom. The third-order valence-corrected chi connectivity index (χ3v) is 4.25. The number of methoxy groups -OCH3 is 1. The molecule has 0 heterocycles. The third kappa shape index (κ3) is 4.30. The monoisotopic (exact) mass is 242 g/mol. The van der Waals surface area contributed by atoms with Crippen molar-refractivity contribution >= 4 is 5.97 Å². The van der Waals surface area contributed by atoms with Gasteiger partial charge >= 0.3 is 5.97 Å². The summed E-state index contributed by atoms with van der Waals surface area (Å²) in [6.45, 7) is 4.47. The summed E-state index contributed by atoms with van der Waals surface area (Å²) < 4.78 is 4.58. The van der Waals surface area contributed by atoms with Crippen LogP contribution in [0.15, 0.2) is 0 Å². The van der Waals surface area contributed by atoms with Gasteiger partial charge in [-0.15, -0.1) is 0 Å². The fourth-order valence-electron chi connectivity index (χ4n) is 3.17. The molecule has 0 bridgehead atoms. The first kappa shape index (κ1) is 14.5. The molecule has 0 saturated heterocycles. The van der Waals surface area contributed by atoms with E-state index in [1.54, 1.807) is 0 Å². The van der Waals surface area contributed by atoms with Gasteiger partial charge in [-0.2, -0.15) is 0 Å². The first-order valence-corrected chi connectivity index (χ1v) is 6.85. The number of hydrogen-bond acceptors (Lipinski definition) is 3. The van der Waals surface area contributed by atoms with Crippen molar-refractivity contribution in [2.75, 3.05) is 7.11 Å². The maximum absolute atomic E-state index is 11.1. The smallest absolute Gasteiger partial charge is 0.308 e. The van der Waals surface area contributed by atoms with E-state index in [0.717, 1.165) is 18.3 Å². The zero-order valence-electron chi connectivity index (χ0n) is 11.3. The van der Waals surface area contributed by atoms with Crippen molar-refractivity contribution in [1.29, 1.82) is 0 Å². The topological polar surface area (TPSA) is 46.5 Å². The Morgan fingerprint density at radius 1 is 1.29 bits per heavy atom. The van der Waals surface area contributed by atoms with Gasteiger partial charge in [-0.3, -0.25) is 4.79 Å². The molecule has 100 valence electrons. The second kappa shape index (κ2) is 7.00. The lowest BCUT2D eigenvalue weighted by atomic mass is 9.88. The van der Waals surface area contributed by atoms with Gasteiger partial charge in [0.2, 0.25) is 0 Å². The summed E-state index contributed by atoms with van der Waals surface area (Å²) in [6, 6.07) is 0. The van der Waals surface area contributed by atoms with Crippen molar-refractivity contribution in [1.82, 2.24) is 0 Å². The van der Waals surface area contributed by atoms with Crippen LogP contribution in [0.4, 0.5) is 0 Å². The van der Waals surface area contributed by atoms with Crippen LogP contribution in [0.5, 0.6) is 0 Å². The maximum Gasteiger partial charge on any atom is 0.308 e. The Balaban J connectivity index is 2.41. The lowest BCUT2D eigenvalue weighted by Crippen LogP contribution is -2.20. The van der Waals surface area contributed by atoms with E-state index in [4.69, 9.17) is 0 Å². The molecule has 0 amide bonds. The SMILES string of the molecule is CCC1CC(CC)C(CC(O)CC(=O)OC)C1. The van der Waals surface area contributed by atoms with E-state index in [-0.39, 0.29) is 12.4 Å². The number of carbonyl (C=O) groups is 1. The van der Waals surface area contributed by atoms with Gasteiger partial charge < -0.3 is 9.84 Å². The Labute approximate surface area is 105 Å². The lowest BCUT2D eigenvalue weighted by Gasteiger charge is -2.20. The first-order valence-electron chi connectivity index (χ1n) is 6.85. The molecule has 17 heavy (non-hydrogen) atoms. The molecule has 1 saturated carbocycles. The van der Waals surface area contributed by atoms with Gasteiger partial charge in [0.25, 0.3) is 0 Å². The molecule has 0 aliphatic heterocycles. The summed E-state index contributed by atoms with van der Waals surface area (Å²) >= 11 is 0. The van der Waals surface area contributed by atoms with Crippen molar-refractivity contribution in [3.63, 3.8) is 0 Å². The quantitative estimate of drug-likeness (QED) is 0.728. The molecule has 1 N–H and O–H groups in total. The van der Waals surface area contributed by atoms with Gasteiger partial charge in [-0.25, -0.2) is 0 Å². The summed E-state index contributed by atoms with van der Waals surface area (Å²) in [5.41, 5.74) is 0. The summed E-state index contributed by atoms with van der Waals surface area (Å²) in [6.07, 6.45) is 5.30. The minimum atomic E-state index is -0.530. The molecule has 1 fully saturated rings. The minimum absolute atomic E-state index is 0.139. The Kier molecular flexibility index (Phi) is 5.96. The Morgan fingerprint density at radius 3 is 2.47 bits per heavy atom. The molecule has 0 radical (unpaired) electrons. The van der Waals surface area contributed by atoms with Crippen LogP contribution in [0.3, 0.4) is 0 Å². The van der Waals surface area contributed by atoms with Crippen molar-refractivity contribution in [3.8, 4) is 0 Å². The van der Waals surface area contributed by atoms with E-state index in [9.17, 15) is 9.90 Å². The highest BCUT2D eigenvalue weighted by Crippen LogP contribution is 2.42. The molecule has 0 aromatic rings. The fraction of sp³-hybridized carbons (Fsp3) is 0.929. The van der Waals surface area contributed by atoms with Crippen LogP contribution >= 0.6 is 0 Å². The molecular formula is C14H26O3. The van der Waals surface area contributed by atoms with Gasteiger partial charge in [0.15, 0.2) is 0 Å². The number of rotatable bonds is 6. The largest absolute Gasteiger partial charge is 0.469 e. The summed E-state index contributed by atoms with van der Waals surface area (Å²) in [5.74, 6) is 1.82. The zero-order chi connectivity index (χ0) is 12.8. The lowest BCUT2D eigenvalue weighted by molar-refractivity contribution is -0.143. The number of hydrogen-bond donors (Lipinski definition) is 1. The summed E-state index contributed by atoms with van der Waals surface area (Å²) in [7, 11) is 1.37. The van der Waals surface area contributed by atoms with Crippen LogP contribution in [0.2, 0.25) is 0 Å². The molecule has 0 spiro atoms.